The van der Waals surface area contributed by atoms with Crippen molar-refractivity contribution in [3.05, 3.63) is 87.5 Å². The Balaban J connectivity index is 1.82. The van der Waals surface area contributed by atoms with Gasteiger partial charge in [-0.2, -0.15) is 0 Å². The Morgan fingerprint density at radius 2 is 1.73 bits per heavy atom. The second-order valence-corrected chi connectivity index (χ2v) is 6.03. The molecule has 22 heavy (non-hydrogen) atoms. The molecule has 0 aliphatic heterocycles. The lowest BCUT2D eigenvalue weighted by atomic mass is 10.1. The molecule has 110 valence electrons. The summed E-state index contributed by atoms with van der Waals surface area (Å²) >= 11 is 2.17. The summed E-state index contributed by atoms with van der Waals surface area (Å²) in [5.41, 5.74) is 3.58. The number of hydrogen-bond acceptors (Lipinski definition) is 2. The summed E-state index contributed by atoms with van der Waals surface area (Å²) in [6.07, 6.45) is 2.64. The Hall–Kier alpha value is -1.95. The molecule has 1 heterocycles. The summed E-state index contributed by atoms with van der Waals surface area (Å²) in [6.45, 7) is 4.51. The van der Waals surface area contributed by atoms with Crippen molar-refractivity contribution in [2.75, 3.05) is 0 Å². The molecule has 2 aromatic carbocycles. The lowest BCUT2D eigenvalue weighted by Gasteiger charge is -2.07. The standard InChI is InChI=1S/C18H16IN3/c1-2-14-8-10-16(11-9-14)13-22-17(20-18(19)21-22)12-15-6-4-3-5-7-15/h2-11H,1,12-13H2. The number of rotatable bonds is 5. The molecule has 3 rings (SSSR count). The molecule has 0 N–H and O–H groups in total. The third-order valence-corrected chi connectivity index (χ3v) is 3.93. The van der Waals surface area contributed by atoms with E-state index in [2.05, 4.69) is 87.8 Å². The molecule has 0 bridgehead atoms. The van der Waals surface area contributed by atoms with Gasteiger partial charge in [-0.15, -0.1) is 5.10 Å². The van der Waals surface area contributed by atoms with Gasteiger partial charge in [0, 0.05) is 29.0 Å². The van der Waals surface area contributed by atoms with Crippen LogP contribution >= 0.6 is 22.6 Å². The first-order chi connectivity index (χ1) is 10.7. The van der Waals surface area contributed by atoms with E-state index in [4.69, 9.17) is 0 Å². The number of benzene rings is 2. The van der Waals surface area contributed by atoms with Crippen molar-refractivity contribution in [2.24, 2.45) is 0 Å². The minimum absolute atomic E-state index is 0.732. The molecule has 1 aromatic heterocycles. The van der Waals surface area contributed by atoms with E-state index in [1.54, 1.807) is 0 Å². The second-order valence-electron chi connectivity index (χ2n) is 5.06. The Bertz CT molecular complexity index is 761. The Kier molecular flexibility index (Phi) is 4.68. The van der Waals surface area contributed by atoms with Gasteiger partial charge in [0.2, 0.25) is 3.83 Å². The molecule has 3 aromatic rings. The highest BCUT2D eigenvalue weighted by Crippen LogP contribution is 2.12. The van der Waals surface area contributed by atoms with Gasteiger partial charge < -0.3 is 0 Å². The summed E-state index contributed by atoms with van der Waals surface area (Å²) < 4.78 is 2.77. The van der Waals surface area contributed by atoms with Gasteiger partial charge in [0.05, 0.1) is 6.54 Å². The third-order valence-electron chi connectivity index (χ3n) is 3.48. The SMILES string of the molecule is C=Cc1ccc(Cn2nc(I)nc2Cc2ccccc2)cc1. The van der Waals surface area contributed by atoms with Crippen LogP contribution in [-0.2, 0) is 13.0 Å². The zero-order chi connectivity index (χ0) is 15.4. The van der Waals surface area contributed by atoms with Crippen LogP contribution in [-0.4, -0.2) is 14.8 Å². The van der Waals surface area contributed by atoms with Crippen molar-refractivity contribution in [1.29, 1.82) is 0 Å². The lowest BCUT2D eigenvalue weighted by molar-refractivity contribution is 0.645. The van der Waals surface area contributed by atoms with Crippen LogP contribution in [0.3, 0.4) is 0 Å². The summed E-state index contributed by atoms with van der Waals surface area (Å²) in [4.78, 5) is 4.56. The molecule has 0 atom stereocenters. The van der Waals surface area contributed by atoms with Crippen LogP contribution in [0.1, 0.15) is 22.5 Å². The van der Waals surface area contributed by atoms with E-state index in [-0.39, 0.29) is 0 Å². The zero-order valence-corrected chi connectivity index (χ0v) is 14.3. The van der Waals surface area contributed by atoms with Crippen LogP contribution in [0.15, 0.2) is 61.2 Å². The molecule has 0 spiro atoms. The first-order valence-electron chi connectivity index (χ1n) is 7.09. The highest BCUT2D eigenvalue weighted by molar-refractivity contribution is 14.1. The zero-order valence-electron chi connectivity index (χ0n) is 12.1. The van der Waals surface area contributed by atoms with Gasteiger partial charge in [-0.05, 0) is 16.7 Å². The predicted molar refractivity (Wildman–Crippen MR) is 97.6 cm³/mol. The van der Waals surface area contributed by atoms with Crippen molar-refractivity contribution in [2.45, 2.75) is 13.0 Å². The average Bonchev–Trinajstić information content (AvgIpc) is 2.88. The molecule has 0 radical (unpaired) electrons. The van der Waals surface area contributed by atoms with Gasteiger partial charge in [-0.3, -0.25) is 0 Å². The maximum atomic E-state index is 4.56. The molecule has 0 fully saturated rings. The highest BCUT2D eigenvalue weighted by Gasteiger charge is 2.09. The van der Waals surface area contributed by atoms with Crippen molar-refractivity contribution < 1.29 is 0 Å². The van der Waals surface area contributed by atoms with E-state index in [0.717, 1.165) is 28.2 Å². The van der Waals surface area contributed by atoms with Crippen LogP contribution < -0.4 is 0 Å². The Labute approximate surface area is 143 Å². The molecular formula is C18H16IN3. The summed E-state index contributed by atoms with van der Waals surface area (Å²) in [7, 11) is 0. The van der Waals surface area contributed by atoms with Crippen LogP contribution in [0.2, 0.25) is 0 Å². The van der Waals surface area contributed by atoms with Crippen LogP contribution in [0.25, 0.3) is 6.08 Å². The van der Waals surface area contributed by atoms with E-state index in [0.29, 0.717) is 0 Å². The van der Waals surface area contributed by atoms with E-state index >= 15 is 0 Å². The average molecular weight is 401 g/mol. The number of hydrogen-bond donors (Lipinski definition) is 0. The fourth-order valence-electron chi connectivity index (χ4n) is 2.31. The molecule has 0 aliphatic rings. The van der Waals surface area contributed by atoms with Crippen molar-refractivity contribution >= 4 is 28.7 Å². The first kappa shape index (κ1) is 15.0. The minimum atomic E-state index is 0.732. The quantitative estimate of drug-likeness (QED) is 0.601. The number of aromatic nitrogens is 3. The van der Waals surface area contributed by atoms with E-state index < -0.39 is 0 Å². The predicted octanol–water partition coefficient (Wildman–Crippen LogP) is 4.16. The summed E-state index contributed by atoms with van der Waals surface area (Å²) in [6, 6.07) is 18.7. The normalized spacial score (nSPS) is 10.6. The van der Waals surface area contributed by atoms with Crippen LogP contribution in [0.5, 0.6) is 0 Å². The topological polar surface area (TPSA) is 30.7 Å². The molecule has 0 amide bonds. The Morgan fingerprint density at radius 3 is 2.41 bits per heavy atom. The summed E-state index contributed by atoms with van der Waals surface area (Å²) in [5, 5.41) is 4.52. The minimum Gasteiger partial charge on any atom is -0.244 e. The maximum absolute atomic E-state index is 4.56. The fraction of sp³-hybridized carbons (Fsp3) is 0.111. The highest BCUT2D eigenvalue weighted by atomic mass is 127. The van der Waals surface area contributed by atoms with Crippen LogP contribution in [0.4, 0.5) is 0 Å². The molecule has 0 unspecified atom stereocenters. The molecular weight excluding hydrogens is 385 g/mol. The van der Waals surface area contributed by atoms with Crippen molar-refractivity contribution in [3.63, 3.8) is 0 Å². The second kappa shape index (κ2) is 6.87. The smallest absolute Gasteiger partial charge is 0.211 e. The number of halogens is 1. The van der Waals surface area contributed by atoms with Gasteiger partial charge in [0.1, 0.15) is 5.82 Å². The van der Waals surface area contributed by atoms with Gasteiger partial charge in [-0.1, -0.05) is 67.3 Å². The largest absolute Gasteiger partial charge is 0.244 e. The van der Waals surface area contributed by atoms with E-state index in [9.17, 15) is 0 Å². The van der Waals surface area contributed by atoms with E-state index in [1.165, 1.54) is 11.1 Å². The Morgan fingerprint density at radius 1 is 1.00 bits per heavy atom. The van der Waals surface area contributed by atoms with Crippen molar-refractivity contribution in [3.8, 4) is 0 Å². The molecule has 4 heteroatoms. The van der Waals surface area contributed by atoms with Gasteiger partial charge in [0.25, 0.3) is 0 Å². The molecule has 3 nitrogen and oxygen atoms in total. The molecule has 0 saturated carbocycles. The maximum Gasteiger partial charge on any atom is 0.211 e. The first-order valence-corrected chi connectivity index (χ1v) is 8.17. The third kappa shape index (κ3) is 3.62. The van der Waals surface area contributed by atoms with Crippen molar-refractivity contribution in [1.82, 2.24) is 14.8 Å². The van der Waals surface area contributed by atoms with Crippen LogP contribution in [0, 0.1) is 3.83 Å². The lowest BCUT2D eigenvalue weighted by Crippen LogP contribution is -2.07. The monoisotopic (exact) mass is 401 g/mol. The summed E-state index contributed by atoms with van der Waals surface area (Å²) in [5.74, 6) is 0.989. The molecule has 0 saturated heterocycles. The van der Waals surface area contributed by atoms with Gasteiger partial charge in [-0.25, -0.2) is 9.67 Å². The molecule has 0 aliphatic carbocycles. The van der Waals surface area contributed by atoms with Gasteiger partial charge >= 0.3 is 0 Å². The van der Waals surface area contributed by atoms with E-state index in [1.807, 2.05) is 16.8 Å². The van der Waals surface area contributed by atoms with Gasteiger partial charge in [0.15, 0.2) is 0 Å². The fourth-order valence-corrected chi connectivity index (χ4v) is 2.85. The number of nitrogens with zero attached hydrogens (tertiary/aromatic N) is 3.